The molecule has 1 amide bonds. The molecule has 0 bridgehead atoms. The van der Waals surface area contributed by atoms with E-state index in [9.17, 15) is 4.79 Å². The van der Waals surface area contributed by atoms with E-state index in [0.29, 0.717) is 13.0 Å². The Balaban J connectivity index is 2.76. The fourth-order valence-corrected chi connectivity index (χ4v) is 2.69. The summed E-state index contributed by atoms with van der Waals surface area (Å²) in [5, 5.41) is 2.96. The Bertz CT molecular complexity index is 405. The van der Waals surface area contributed by atoms with Crippen molar-refractivity contribution in [3.05, 3.63) is 27.7 Å². The zero-order valence-corrected chi connectivity index (χ0v) is 12.8. The summed E-state index contributed by atoms with van der Waals surface area (Å²) in [6, 6.07) is 4.06. The summed E-state index contributed by atoms with van der Waals surface area (Å²) in [4.78, 5) is 11.9. The van der Waals surface area contributed by atoms with Crippen LogP contribution in [0.3, 0.4) is 0 Å². The van der Waals surface area contributed by atoms with Crippen LogP contribution in [0.1, 0.15) is 30.9 Å². The van der Waals surface area contributed by atoms with Crippen molar-refractivity contribution in [2.45, 2.75) is 33.6 Å². The van der Waals surface area contributed by atoms with E-state index in [-0.39, 0.29) is 11.8 Å². The second-order valence-corrected chi connectivity index (χ2v) is 5.56. The molecule has 0 radical (unpaired) electrons. The Morgan fingerprint density at radius 3 is 2.61 bits per heavy atom. The van der Waals surface area contributed by atoms with Gasteiger partial charge in [-0.2, -0.15) is 0 Å². The predicted molar refractivity (Wildman–Crippen MR) is 79.7 cm³/mol. The molecule has 0 spiro atoms. The van der Waals surface area contributed by atoms with Crippen LogP contribution in [0.25, 0.3) is 0 Å². The molecule has 0 aliphatic rings. The molecule has 4 heteroatoms. The Labute approximate surface area is 117 Å². The van der Waals surface area contributed by atoms with Gasteiger partial charge in [0.05, 0.1) is 5.69 Å². The van der Waals surface area contributed by atoms with Gasteiger partial charge in [0.2, 0.25) is 5.91 Å². The summed E-state index contributed by atoms with van der Waals surface area (Å²) in [6.07, 6.45) is 1.41. The van der Waals surface area contributed by atoms with Gasteiger partial charge in [0, 0.05) is 10.9 Å². The SMILES string of the molecule is CCC(CN)CC(=O)Nc1c(C)cc(C)cc1Br. The van der Waals surface area contributed by atoms with Crippen molar-refractivity contribution in [2.75, 3.05) is 11.9 Å². The number of hydrogen-bond donors (Lipinski definition) is 2. The number of halogens is 1. The molecule has 100 valence electrons. The molecule has 1 unspecified atom stereocenters. The molecule has 0 heterocycles. The number of aryl methyl sites for hydroxylation is 2. The van der Waals surface area contributed by atoms with Crippen LogP contribution < -0.4 is 11.1 Å². The molecule has 1 rings (SSSR count). The van der Waals surface area contributed by atoms with Gasteiger partial charge in [-0.1, -0.05) is 19.4 Å². The molecule has 3 nitrogen and oxygen atoms in total. The van der Waals surface area contributed by atoms with Gasteiger partial charge >= 0.3 is 0 Å². The van der Waals surface area contributed by atoms with Crippen LogP contribution in [-0.4, -0.2) is 12.5 Å². The number of nitrogens with one attached hydrogen (secondary N) is 1. The second-order valence-electron chi connectivity index (χ2n) is 4.70. The highest BCUT2D eigenvalue weighted by Gasteiger charge is 2.13. The number of carbonyl (C=O) groups excluding carboxylic acids is 1. The standard InChI is InChI=1S/C14H21BrN2O/c1-4-11(8-16)7-13(18)17-14-10(3)5-9(2)6-12(14)15/h5-6,11H,4,7-8,16H2,1-3H3,(H,17,18). The van der Waals surface area contributed by atoms with Gasteiger partial charge in [-0.25, -0.2) is 0 Å². The average Bonchev–Trinajstić information content (AvgIpc) is 2.30. The third kappa shape index (κ3) is 4.10. The third-order valence-corrected chi connectivity index (χ3v) is 3.71. The van der Waals surface area contributed by atoms with Crippen LogP contribution in [0.5, 0.6) is 0 Å². The molecule has 1 aromatic carbocycles. The van der Waals surface area contributed by atoms with E-state index in [2.05, 4.69) is 34.2 Å². The number of amides is 1. The lowest BCUT2D eigenvalue weighted by molar-refractivity contribution is -0.117. The van der Waals surface area contributed by atoms with E-state index in [1.165, 1.54) is 5.56 Å². The first kappa shape index (κ1) is 15.2. The number of benzene rings is 1. The van der Waals surface area contributed by atoms with Crippen molar-refractivity contribution < 1.29 is 4.79 Å². The van der Waals surface area contributed by atoms with Crippen molar-refractivity contribution >= 4 is 27.5 Å². The van der Waals surface area contributed by atoms with E-state index in [1.54, 1.807) is 0 Å². The number of nitrogens with two attached hydrogens (primary N) is 1. The molecule has 0 saturated carbocycles. The van der Waals surface area contributed by atoms with E-state index < -0.39 is 0 Å². The summed E-state index contributed by atoms with van der Waals surface area (Å²) in [7, 11) is 0. The second kappa shape index (κ2) is 6.90. The topological polar surface area (TPSA) is 55.1 Å². The van der Waals surface area contributed by atoms with Gasteiger partial charge in [0.15, 0.2) is 0 Å². The first-order chi connectivity index (χ1) is 8.47. The predicted octanol–water partition coefficient (Wildman–Crippen LogP) is 3.38. The van der Waals surface area contributed by atoms with Gasteiger partial charge in [0.25, 0.3) is 0 Å². The monoisotopic (exact) mass is 312 g/mol. The smallest absolute Gasteiger partial charge is 0.224 e. The third-order valence-electron chi connectivity index (χ3n) is 3.08. The lowest BCUT2D eigenvalue weighted by atomic mass is 10.0. The maximum absolute atomic E-state index is 11.9. The lowest BCUT2D eigenvalue weighted by Crippen LogP contribution is -2.22. The summed E-state index contributed by atoms with van der Waals surface area (Å²) < 4.78 is 0.925. The van der Waals surface area contributed by atoms with Gasteiger partial charge in [-0.05, 0) is 59.4 Å². The van der Waals surface area contributed by atoms with Crippen molar-refractivity contribution in [1.29, 1.82) is 0 Å². The summed E-state index contributed by atoms with van der Waals surface area (Å²) >= 11 is 3.49. The highest BCUT2D eigenvalue weighted by atomic mass is 79.9. The molecule has 0 fully saturated rings. The Morgan fingerprint density at radius 1 is 1.44 bits per heavy atom. The maximum atomic E-state index is 11.9. The van der Waals surface area contributed by atoms with Gasteiger partial charge in [0.1, 0.15) is 0 Å². The molecular formula is C14H21BrN2O. The van der Waals surface area contributed by atoms with Crippen molar-refractivity contribution in [3.8, 4) is 0 Å². The first-order valence-corrected chi connectivity index (χ1v) is 7.03. The zero-order valence-electron chi connectivity index (χ0n) is 11.2. The highest BCUT2D eigenvalue weighted by molar-refractivity contribution is 9.10. The molecule has 0 aliphatic heterocycles. The van der Waals surface area contributed by atoms with Gasteiger partial charge in [-0.15, -0.1) is 0 Å². The van der Waals surface area contributed by atoms with Crippen LogP contribution in [-0.2, 0) is 4.79 Å². The maximum Gasteiger partial charge on any atom is 0.224 e. The molecule has 1 aromatic rings. The van der Waals surface area contributed by atoms with Crippen LogP contribution in [0, 0.1) is 19.8 Å². The van der Waals surface area contributed by atoms with E-state index in [4.69, 9.17) is 5.73 Å². The van der Waals surface area contributed by atoms with E-state index in [0.717, 1.165) is 22.1 Å². The minimum Gasteiger partial charge on any atom is -0.330 e. The van der Waals surface area contributed by atoms with Crippen molar-refractivity contribution in [1.82, 2.24) is 0 Å². The normalized spacial score (nSPS) is 12.3. The summed E-state index contributed by atoms with van der Waals surface area (Å²) in [5.74, 6) is 0.287. The molecular weight excluding hydrogens is 292 g/mol. The molecule has 18 heavy (non-hydrogen) atoms. The Morgan fingerprint density at radius 2 is 2.11 bits per heavy atom. The molecule has 0 saturated heterocycles. The highest BCUT2D eigenvalue weighted by Crippen LogP contribution is 2.28. The van der Waals surface area contributed by atoms with Crippen molar-refractivity contribution in [3.63, 3.8) is 0 Å². The molecule has 0 aromatic heterocycles. The fourth-order valence-electron chi connectivity index (χ4n) is 1.92. The Kier molecular flexibility index (Phi) is 5.82. The van der Waals surface area contributed by atoms with Crippen LogP contribution >= 0.6 is 15.9 Å². The molecule has 1 atom stereocenters. The average molecular weight is 313 g/mol. The summed E-state index contributed by atoms with van der Waals surface area (Å²) in [5.41, 5.74) is 8.71. The Hall–Kier alpha value is -0.870. The number of carbonyl (C=O) groups is 1. The van der Waals surface area contributed by atoms with E-state index in [1.807, 2.05) is 19.9 Å². The minimum atomic E-state index is 0.0277. The zero-order chi connectivity index (χ0) is 13.7. The van der Waals surface area contributed by atoms with Crippen molar-refractivity contribution in [2.24, 2.45) is 11.7 Å². The number of anilines is 1. The lowest BCUT2D eigenvalue weighted by Gasteiger charge is -2.15. The molecule has 3 N–H and O–H groups in total. The summed E-state index contributed by atoms with van der Waals surface area (Å²) in [6.45, 7) is 6.63. The largest absolute Gasteiger partial charge is 0.330 e. The van der Waals surface area contributed by atoms with Crippen LogP contribution in [0.4, 0.5) is 5.69 Å². The van der Waals surface area contributed by atoms with Crippen LogP contribution in [0.15, 0.2) is 16.6 Å². The fraction of sp³-hybridized carbons (Fsp3) is 0.500. The first-order valence-electron chi connectivity index (χ1n) is 6.24. The van der Waals surface area contributed by atoms with Gasteiger partial charge in [-0.3, -0.25) is 4.79 Å². The number of rotatable bonds is 5. The quantitative estimate of drug-likeness (QED) is 0.875. The van der Waals surface area contributed by atoms with Gasteiger partial charge < -0.3 is 11.1 Å². The van der Waals surface area contributed by atoms with Crippen LogP contribution in [0.2, 0.25) is 0 Å². The van der Waals surface area contributed by atoms with E-state index >= 15 is 0 Å². The molecule has 0 aliphatic carbocycles. The minimum absolute atomic E-state index is 0.0277. The number of hydrogen-bond acceptors (Lipinski definition) is 2.